The molecule has 0 unspecified atom stereocenters. The van der Waals surface area contributed by atoms with Crippen molar-refractivity contribution in [2.75, 3.05) is 89.2 Å². The van der Waals surface area contributed by atoms with Crippen LogP contribution in [0.4, 0.5) is 0 Å². The van der Waals surface area contributed by atoms with Crippen LogP contribution in [-0.4, -0.2) is 126 Å². The fourth-order valence-corrected chi connectivity index (χ4v) is 2.47. The van der Waals surface area contributed by atoms with Gasteiger partial charge in [-0.25, -0.2) is 0 Å². The highest BCUT2D eigenvalue weighted by Crippen LogP contribution is 2.02. The lowest BCUT2D eigenvalue weighted by Crippen LogP contribution is -2.47. The zero-order valence-corrected chi connectivity index (χ0v) is 18.3. The van der Waals surface area contributed by atoms with Crippen LogP contribution in [0.25, 0.3) is 0 Å². The Morgan fingerprint density at radius 3 is 0.917 bits per heavy atom. The topological polar surface area (TPSA) is 25.4 Å². The molecule has 0 amide bonds. The third kappa shape index (κ3) is 12.2. The third-order valence-electron chi connectivity index (χ3n) is 4.26. The van der Waals surface area contributed by atoms with Crippen molar-refractivity contribution < 1.29 is 4.74 Å². The lowest BCUT2D eigenvalue weighted by atomic mass is 10.4. The molecule has 6 heteroatoms. The Balaban J connectivity index is 0. The molecule has 0 atom stereocenters. The minimum atomic E-state index is 0.319. The number of hydrogen-bond acceptors (Lipinski definition) is 6. The molecule has 0 fully saturated rings. The second kappa shape index (κ2) is 15.0. The van der Waals surface area contributed by atoms with E-state index >= 15 is 0 Å². The molecule has 0 aromatic rings. The Kier molecular flexibility index (Phi) is 16.3. The van der Waals surface area contributed by atoms with E-state index in [-0.39, 0.29) is 0 Å². The Morgan fingerprint density at radius 1 is 0.542 bits per heavy atom. The summed E-state index contributed by atoms with van der Waals surface area (Å²) in [6.45, 7) is 11.6. The fourth-order valence-electron chi connectivity index (χ4n) is 2.47. The van der Waals surface area contributed by atoms with Gasteiger partial charge in [0.15, 0.2) is 0 Å². The van der Waals surface area contributed by atoms with Gasteiger partial charge in [0.2, 0.25) is 0 Å². The van der Waals surface area contributed by atoms with Crippen molar-refractivity contribution >= 4 is 0 Å². The van der Waals surface area contributed by atoms with Gasteiger partial charge in [-0.1, -0.05) is 20.8 Å². The Morgan fingerprint density at radius 2 is 0.792 bits per heavy atom. The predicted molar refractivity (Wildman–Crippen MR) is 107 cm³/mol. The first-order valence-electron chi connectivity index (χ1n) is 9.07. The van der Waals surface area contributed by atoms with Gasteiger partial charge in [0.25, 0.3) is 0 Å². The largest absolute Gasteiger partial charge is 0.375 e. The highest BCUT2D eigenvalue weighted by Gasteiger charge is 2.17. The average Bonchev–Trinajstić information content (AvgIpc) is 2.47. The van der Waals surface area contributed by atoms with Gasteiger partial charge in [-0.3, -0.25) is 19.6 Å². The second-order valence-corrected chi connectivity index (χ2v) is 6.97. The highest BCUT2D eigenvalue weighted by molar-refractivity contribution is 4.65. The zero-order chi connectivity index (χ0) is 19.3. The summed E-state index contributed by atoms with van der Waals surface area (Å²) in [5.74, 6) is 0. The van der Waals surface area contributed by atoms with Gasteiger partial charge in [-0.2, -0.15) is 0 Å². The van der Waals surface area contributed by atoms with Crippen molar-refractivity contribution in [2.45, 2.75) is 33.1 Å². The lowest BCUT2D eigenvalue weighted by molar-refractivity contribution is -0.0268. The summed E-state index contributed by atoms with van der Waals surface area (Å²) in [5, 5.41) is 0. The van der Waals surface area contributed by atoms with Gasteiger partial charge >= 0.3 is 0 Å². The summed E-state index contributed by atoms with van der Waals surface area (Å²) in [7, 11) is 16.6. The van der Waals surface area contributed by atoms with Crippen molar-refractivity contribution in [1.29, 1.82) is 0 Å². The van der Waals surface area contributed by atoms with Crippen LogP contribution in [0.3, 0.4) is 0 Å². The van der Waals surface area contributed by atoms with E-state index in [9.17, 15) is 0 Å². The SMILES string of the molecule is CCN(CC)CC.CN(C)C(COCC(N(C)C)N(C)C)N(C)C. The lowest BCUT2D eigenvalue weighted by Gasteiger charge is -2.33. The van der Waals surface area contributed by atoms with Crippen molar-refractivity contribution in [3.8, 4) is 0 Å². The first kappa shape index (κ1) is 26.0. The molecular formula is C18H45N5O. The number of rotatable bonds is 11. The van der Waals surface area contributed by atoms with Crippen LogP contribution in [-0.2, 0) is 4.74 Å². The average molecular weight is 348 g/mol. The van der Waals surface area contributed by atoms with Crippen LogP contribution in [0.2, 0.25) is 0 Å². The smallest absolute Gasteiger partial charge is 0.0853 e. The molecule has 148 valence electrons. The molecule has 0 N–H and O–H groups in total. The maximum absolute atomic E-state index is 5.84. The first-order chi connectivity index (χ1) is 11.1. The summed E-state index contributed by atoms with van der Waals surface area (Å²) >= 11 is 0. The van der Waals surface area contributed by atoms with Crippen LogP contribution in [0.5, 0.6) is 0 Å². The van der Waals surface area contributed by atoms with E-state index in [0.29, 0.717) is 12.3 Å². The van der Waals surface area contributed by atoms with E-state index in [4.69, 9.17) is 4.74 Å². The Hall–Kier alpha value is -0.240. The molecule has 0 aliphatic rings. The number of nitrogens with zero attached hydrogens (tertiary/aromatic N) is 5. The maximum atomic E-state index is 5.84. The van der Waals surface area contributed by atoms with Gasteiger partial charge < -0.3 is 9.64 Å². The molecule has 0 spiro atoms. The maximum Gasteiger partial charge on any atom is 0.0853 e. The van der Waals surface area contributed by atoms with Crippen LogP contribution < -0.4 is 0 Å². The normalized spacial score (nSPS) is 12.2. The Bertz CT molecular complexity index is 227. The summed E-state index contributed by atoms with van der Waals surface area (Å²) < 4.78 is 5.84. The van der Waals surface area contributed by atoms with Gasteiger partial charge in [0.05, 0.1) is 25.5 Å². The van der Waals surface area contributed by atoms with E-state index in [0.717, 1.165) is 13.2 Å². The van der Waals surface area contributed by atoms with Gasteiger partial charge in [-0.15, -0.1) is 0 Å². The highest BCUT2D eigenvalue weighted by atomic mass is 16.5. The van der Waals surface area contributed by atoms with Crippen molar-refractivity contribution in [3.05, 3.63) is 0 Å². The molecule has 24 heavy (non-hydrogen) atoms. The molecule has 0 aromatic carbocycles. The molecule has 0 radical (unpaired) electrons. The van der Waals surface area contributed by atoms with Crippen molar-refractivity contribution in [3.63, 3.8) is 0 Å². The number of hydrogen-bond donors (Lipinski definition) is 0. The third-order valence-corrected chi connectivity index (χ3v) is 4.26. The molecular weight excluding hydrogens is 302 g/mol. The van der Waals surface area contributed by atoms with E-state index in [1.807, 2.05) is 0 Å². The fraction of sp³-hybridized carbons (Fsp3) is 1.00. The first-order valence-corrected chi connectivity index (χ1v) is 9.07. The zero-order valence-electron chi connectivity index (χ0n) is 18.3. The summed E-state index contributed by atoms with van der Waals surface area (Å²) in [6, 6.07) is 0. The quantitative estimate of drug-likeness (QED) is 0.522. The van der Waals surface area contributed by atoms with Crippen LogP contribution in [0.1, 0.15) is 20.8 Å². The van der Waals surface area contributed by atoms with E-state index < -0.39 is 0 Å². The van der Waals surface area contributed by atoms with Crippen molar-refractivity contribution in [2.24, 2.45) is 0 Å². The van der Waals surface area contributed by atoms with Gasteiger partial charge in [-0.05, 0) is 76.0 Å². The van der Waals surface area contributed by atoms with Gasteiger partial charge in [0.1, 0.15) is 0 Å². The molecule has 0 rings (SSSR count). The minimum Gasteiger partial charge on any atom is -0.375 e. The van der Waals surface area contributed by atoms with E-state index in [1.54, 1.807) is 0 Å². The van der Waals surface area contributed by atoms with Crippen LogP contribution in [0.15, 0.2) is 0 Å². The molecule has 0 saturated carbocycles. The molecule has 0 saturated heterocycles. The second-order valence-electron chi connectivity index (χ2n) is 6.97. The summed E-state index contributed by atoms with van der Waals surface area (Å²) in [4.78, 5) is 11.0. The summed E-state index contributed by atoms with van der Waals surface area (Å²) in [5.41, 5.74) is 0. The monoisotopic (exact) mass is 347 g/mol. The number of likely N-dealkylation sites (N-methyl/N-ethyl adjacent to an activating group) is 4. The molecule has 0 aromatic heterocycles. The van der Waals surface area contributed by atoms with E-state index in [2.05, 4.69) is 102 Å². The molecule has 0 aliphatic heterocycles. The Labute approximate surface area is 152 Å². The van der Waals surface area contributed by atoms with Crippen LogP contribution in [0, 0.1) is 0 Å². The molecule has 6 nitrogen and oxygen atoms in total. The standard InChI is InChI=1S/C12H30N4O.C6H15N/c1-13(2)11(14(3)4)9-17-10-12(15(5)6)16(7)8;1-4-7(5-2)6-3/h11-12H,9-10H2,1-8H3;4-6H2,1-3H3. The van der Waals surface area contributed by atoms with Gasteiger partial charge in [0, 0.05) is 0 Å². The minimum absolute atomic E-state index is 0.319. The van der Waals surface area contributed by atoms with E-state index in [1.165, 1.54) is 19.6 Å². The molecule has 0 heterocycles. The molecule has 0 aliphatic carbocycles. The summed E-state index contributed by atoms with van der Waals surface area (Å²) in [6.07, 6.45) is 0.639. The predicted octanol–water partition coefficient (Wildman–Crippen LogP) is 1.25. The van der Waals surface area contributed by atoms with Crippen LogP contribution >= 0.6 is 0 Å². The number of ether oxygens (including phenoxy) is 1. The molecule has 0 bridgehead atoms. The van der Waals surface area contributed by atoms with Crippen molar-refractivity contribution in [1.82, 2.24) is 24.5 Å².